The van der Waals surface area contributed by atoms with Crippen molar-refractivity contribution >= 4 is 17.8 Å². The third kappa shape index (κ3) is 3.87. The number of amides is 1. The molecular formula is C25H27N5O2. The van der Waals surface area contributed by atoms with Gasteiger partial charge in [-0.2, -0.15) is 5.26 Å². The zero-order valence-corrected chi connectivity index (χ0v) is 18.1. The van der Waals surface area contributed by atoms with E-state index in [1.807, 2.05) is 23.1 Å². The molecule has 1 unspecified atom stereocenters. The van der Waals surface area contributed by atoms with E-state index in [2.05, 4.69) is 22.5 Å². The maximum Gasteiger partial charge on any atom is 0.248 e. The molecule has 1 N–H and O–H groups in total. The lowest BCUT2D eigenvalue weighted by Gasteiger charge is -2.42. The number of aromatic nitrogens is 2. The van der Waals surface area contributed by atoms with E-state index in [9.17, 15) is 15.2 Å². The fraction of sp³-hybridized carbons (Fsp3) is 0.440. The number of aliphatic hydroxyl groups excluding tert-OH is 1. The highest BCUT2D eigenvalue weighted by molar-refractivity contribution is 5.78. The molecule has 3 fully saturated rings. The maximum atomic E-state index is 12.3. The summed E-state index contributed by atoms with van der Waals surface area (Å²) in [6, 6.07) is 8.34. The van der Waals surface area contributed by atoms with Crippen molar-refractivity contribution in [3.05, 3.63) is 47.9 Å². The molecule has 0 aromatic carbocycles. The Labute approximate surface area is 188 Å². The number of piperazine rings is 1. The highest BCUT2D eigenvalue weighted by atomic mass is 16.3. The third-order valence-electron chi connectivity index (χ3n) is 6.76. The average Bonchev–Trinajstić information content (AvgIpc) is 3.75. The summed E-state index contributed by atoms with van der Waals surface area (Å²) in [6.07, 6.45) is 7.90. The molecule has 1 atom stereocenters. The van der Waals surface area contributed by atoms with Crippen LogP contribution in [0.2, 0.25) is 0 Å². The van der Waals surface area contributed by atoms with Gasteiger partial charge in [0.15, 0.2) is 0 Å². The smallest absolute Gasteiger partial charge is 0.248 e. The molecule has 2 saturated carbocycles. The minimum atomic E-state index is -0.454. The summed E-state index contributed by atoms with van der Waals surface area (Å²) in [5.74, 6) is 1.39. The van der Waals surface area contributed by atoms with E-state index < -0.39 is 6.61 Å². The highest BCUT2D eigenvalue weighted by Gasteiger charge is 2.41. The Balaban J connectivity index is 1.52. The summed E-state index contributed by atoms with van der Waals surface area (Å²) < 4.78 is 0. The predicted octanol–water partition coefficient (Wildman–Crippen LogP) is 2.96. The lowest BCUT2D eigenvalue weighted by atomic mass is 9.98. The summed E-state index contributed by atoms with van der Waals surface area (Å²) in [5, 5.41) is 19.4. The average molecular weight is 430 g/mol. The van der Waals surface area contributed by atoms with Gasteiger partial charge in [0.05, 0.1) is 23.0 Å². The second kappa shape index (κ2) is 8.36. The van der Waals surface area contributed by atoms with E-state index in [4.69, 9.17) is 4.98 Å². The van der Waals surface area contributed by atoms with Crippen LogP contribution in [0.4, 0.5) is 5.82 Å². The number of nitriles is 1. The number of pyridine rings is 2. The van der Waals surface area contributed by atoms with Crippen molar-refractivity contribution in [2.45, 2.75) is 37.6 Å². The summed E-state index contributed by atoms with van der Waals surface area (Å²) in [6.45, 7) is 5.16. The van der Waals surface area contributed by atoms with Gasteiger partial charge >= 0.3 is 0 Å². The normalized spacial score (nSPS) is 20.7. The van der Waals surface area contributed by atoms with Crippen LogP contribution in [-0.2, 0) is 4.79 Å². The molecule has 164 valence electrons. The van der Waals surface area contributed by atoms with Gasteiger partial charge in [-0.05, 0) is 61.4 Å². The Morgan fingerprint density at radius 3 is 2.75 bits per heavy atom. The van der Waals surface area contributed by atoms with Crippen molar-refractivity contribution in [3.63, 3.8) is 0 Å². The molecule has 2 aliphatic carbocycles. The predicted molar refractivity (Wildman–Crippen MR) is 122 cm³/mol. The fourth-order valence-corrected chi connectivity index (χ4v) is 4.75. The van der Waals surface area contributed by atoms with Crippen LogP contribution in [0.25, 0.3) is 17.2 Å². The minimum Gasteiger partial charge on any atom is -0.387 e. The van der Waals surface area contributed by atoms with E-state index in [0.29, 0.717) is 37.0 Å². The van der Waals surface area contributed by atoms with E-state index >= 15 is 0 Å². The summed E-state index contributed by atoms with van der Waals surface area (Å²) in [7, 11) is 0. The van der Waals surface area contributed by atoms with Crippen LogP contribution in [0, 0.1) is 17.2 Å². The zero-order chi connectivity index (χ0) is 22.2. The van der Waals surface area contributed by atoms with Crippen molar-refractivity contribution in [1.29, 1.82) is 5.26 Å². The van der Waals surface area contributed by atoms with Crippen molar-refractivity contribution in [2.75, 3.05) is 31.1 Å². The Kier molecular flexibility index (Phi) is 5.40. The SMILES string of the molecule is C=Cc1cc(-c2cc(C#N)c(N3CCN(C(=O)CO)C(C4CC4)C3)nc2C2CC2)ccn1. The molecule has 0 spiro atoms. The maximum absolute atomic E-state index is 12.3. The molecule has 7 nitrogen and oxygen atoms in total. The van der Waals surface area contributed by atoms with Crippen molar-refractivity contribution < 1.29 is 9.90 Å². The zero-order valence-electron chi connectivity index (χ0n) is 18.1. The van der Waals surface area contributed by atoms with Crippen LogP contribution in [0.15, 0.2) is 31.0 Å². The monoisotopic (exact) mass is 429 g/mol. The first-order valence-electron chi connectivity index (χ1n) is 11.3. The molecule has 1 aliphatic heterocycles. The number of hydrogen-bond acceptors (Lipinski definition) is 6. The number of anilines is 1. The van der Waals surface area contributed by atoms with Crippen LogP contribution < -0.4 is 4.90 Å². The van der Waals surface area contributed by atoms with Crippen LogP contribution in [0.3, 0.4) is 0 Å². The second-order valence-corrected chi connectivity index (χ2v) is 8.95. The van der Waals surface area contributed by atoms with Gasteiger partial charge in [-0.1, -0.05) is 6.58 Å². The van der Waals surface area contributed by atoms with Crippen LogP contribution >= 0.6 is 0 Å². The molecule has 0 radical (unpaired) electrons. The summed E-state index contributed by atoms with van der Waals surface area (Å²) in [5.41, 5.74) is 4.38. The van der Waals surface area contributed by atoms with Gasteiger partial charge in [0.1, 0.15) is 18.5 Å². The molecule has 0 bridgehead atoms. The Bertz CT molecular complexity index is 1100. The fourth-order valence-electron chi connectivity index (χ4n) is 4.75. The summed E-state index contributed by atoms with van der Waals surface area (Å²) >= 11 is 0. The molecule has 1 saturated heterocycles. The van der Waals surface area contributed by atoms with Gasteiger partial charge in [0, 0.05) is 37.3 Å². The van der Waals surface area contributed by atoms with E-state index in [-0.39, 0.29) is 11.9 Å². The van der Waals surface area contributed by atoms with Crippen LogP contribution in [0.1, 0.15) is 48.6 Å². The lowest BCUT2D eigenvalue weighted by molar-refractivity contribution is -0.137. The Morgan fingerprint density at radius 1 is 1.28 bits per heavy atom. The van der Waals surface area contributed by atoms with Crippen LogP contribution in [0.5, 0.6) is 0 Å². The number of carbonyl (C=O) groups excluding carboxylic acids is 1. The van der Waals surface area contributed by atoms with Crippen LogP contribution in [-0.4, -0.2) is 58.2 Å². The summed E-state index contributed by atoms with van der Waals surface area (Å²) in [4.78, 5) is 25.6. The van der Waals surface area contributed by atoms with Gasteiger partial charge in [-0.15, -0.1) is 0 Å². The highest BCUT2D eigenvalue weighted by Crippen LogP contribution is 2.45. The number of rotatable bonds is 6. The third-order valence-corrected chi connectivity index (χ3v) is 6.76. The van der Waals surface area contributed by atoms with Gasteiger partial charge in [-0.3, -0.25) is 9.78 Å². The second-order valence-electron chi connectivity index (χ2n) is 8.95. The minimum absolute atomic E-state index is 0.0659. The molecule has 5 rings (SSSR count). The quantitative estimate of drug-likeness (QED) is 0.759. The van der Waals surface area contributed by atoms with E-state index in [1.165, 1.54) is 0 Å². The lowest BCUT2D eigenvalue weighted by Crippen LogP contribution is -2.57. The van der Waals surface area contributed by atoms with E-state index in [1.54, 1.807) is 12.3 Å². The standard InChI is InChI=1S/C25H27N5O2/c1-2-20-11-18(7-8-27-20)21-12-19(13-26)25(28-24(21)17-5-6-17)29-9-10-30(23(32)15-31)22(14-29)16-3-4-16/h2,7-8,11-12,16-17,22,31H,1,3-6,9-10,14-15H2. The van der Waals surface area contributed by atoms with Crippen molar-refractivity contribution in [2.24, 2.45) is 5.92 Å². The molecule has 2 aromatic rings. The van der Waals surface area contributed by atoms with E-state index in [0.717, 1.165) is 54.0 Å². The topological polar surface area (TPSA) is 93.4 Å². The largest absolute Gasteiger partial charge is 0.387 e. The van der Waals surface area contributed by atoms with Crippen molar-refractivity contribution in [1.82, 2.24) is 14.9 Å². The van der Waals surface area contributed by atoms with Crippen molar-refractivity contribution in [3.8, 4) is 17.2 Å². The first kappa shape index (κ1) is 20.7. The Hall–Kier alpha value is -3.24. The molecule has 3 aliphatic rings. The molecular weight excluding hydrogens is 402 g/mol. The first-order chi connectivity index (χ1) is 15.6. The number of nitrogens with zero attached hydrogens (tertiary/aromatic N) is 5. The molecule has 7 heteroatoms. The number of aliphatic hydroxyl groups is 1. The molecule has 1 amide bonds. The Morgan fingerprint density at radius 2 is 2.09 bits per heavy atom. The van der Waals surface area contributed by atoms with Gasteiger partial charge in [0.2, 0.25) is 5.91 Å². The van der Waals surface area contributed by atoms with Gasteiger partial charge in [0.25, 0.3) is 0 Å². The molecule has 32 heavy (non-hydrogen) atoms. The first-order valence-corrected chi connectivity index (χ1v) is 11.3. The molecule has 3 heterocycles. The van der Waals surface area contributed by atoms with Gasteiger partial charge in [-0.25, -0.2) is 4.98 Å². The number of hydrogen-bond donors (Lipinski definition) is 1. The number of carbonyl (C=O) groups is 1. The molecule has 2 aromatic heterocycles. The van der Waals surface area contributed by atoms with Gasteiger partial charge < -0.3 is 14.9 Å².